The van der Waals surface area contributed by atoms with Crippen molar-refractivity contribution in [3.05, 3.63) is 0 Å². The van der Waals surface area contributed by atoms with Crippen LogP contribution in [-0.2, 0) is 9.59 Å². The van der Waals surface area contributed by atoms with Crippen LogP contribution in [0.5, 0.6) is 0 Å². The lowest BCUT2D eigenvalue weighted by Crippen LogP contribution is -2.60. The number of carboxylic acid groups (broad SMARTS) is 1. The van der Waals surface area contributed by atoms with Crippen LogP contribution in [-0.4, -0.2) is 22.5 Å². The summed E-state index contributed by atoms with van der Waals surface area (Å²) in [5.41, 5.74) is -1.59. The average Bonchev–Trinajstić information content (AvgIpc) is 2.12. The van der Waals surface area contributed by atoms with Crippen LogP contribution in [0.3, 0.4) is 0 Å². The van der Waals surface area contributed by atoms with Crippen molar-refractivity contribution in [2.75, 3.05) is 0 Å². The molecule has 0 aromatic rings. The maximum Gasteiger partial charge on any atom is 0.184 e. The maximum absolute atomic E-state index is 11.8. The van der Waals surface area contributed by atoms with Gasteiger partial charge in [0.05, 0.1) is 5.60 Å². The van der Waals surface area contributed by atoms with Crippen molar-refractivity contribution in [3.8, 4) is 0 Å². The monoisotopic (exact) mass is 223 g/mol. The summed E-state index contributed by atoms with van der Waals surface area (Å²) in [7, 11) is 0. The minimum absolute atomic E-state index is 0.328. The molecule has 0 radical (unpaired) electrons. The number of carbonyl (C=O) groups excluding carboxylic acids is 2. The second-order valence-corrected chi connectivity index (χ2v) is 6.08. The normalized spacial score (nSPS) is 49.3. The first kappa shape index (κ1) is 10.3. The standard InChI is InChI=1S/C12H16O4/c13-9(10(14)15)11-2-7-1-8(3-11)5-12(16,4-7)6-11/h7-8,16H,1-6H2,(H,14,15)/p-1. The Morgan fingerprint density at radius 3 is 2.12 bits per heavy atom. The molecule has 2 atom stereocenters. The molecule has 2 unspecified atom stereocenters. The second kappa shape index (κ2) is 2.86. The molecule has 0 spiro atoms. The molecule has 4 aliphatic rings. The van der Waals surface area contributed by atoms with Crippen LogP contribution in [0.15, 0.2) is 0 Å². The lowest BCUT2D eigenvalue weighted by atomic mass is 9.47. The van der Waals surface area contributed by atoms with E-state index in [0.29, 0.717) is 31.1 Å². The fraction of sp³-hybridized carbons (Fsp3) is 0.833. The Balaban J connectivity index is 1.98. The molecule has 4 aliphatic carbocycles. The summed E-state index contributed by atoms with van der Waals surface area (Å²) in [6, 6.07) is 0. The van der Waals surface area contributed by atoms with Gasteiger partial charge >= 0.3 is 0 Å². The zero-order chi connectivity index (χ0) is 11.6. The number of aliphatic hydroxyl groups is 1. The Labute approximate surface area is 93.6 Å². The lowest BCUT2D eigenvalue weighted by Gasteiger charge is -2.59. The van der Waals surface area contributed by atoms with E-state index in [1.165, 1.54) is 0 Å². The smallest absolute Gasteiger partial charge is 0.184 e. The largest absolute Gasteiger partial charge is 0.542 e. The van der Waals surface area contributed by atoms with Crippen molar-refractivity contribution < 1.29 is 19.8 Å². The van der Waals surface area contributed by atoms with E-state index in [-0.39, 0.29) is 0 Å². The van der Waals surface area contributed by atoms with Gasteiger partial charge in [-0.25, -0.2) is 0 Å². The fourth-order valence-electron chi connectivity index (χ4n) is 4.70. The van der Waals surface area contributed by atoms with E-state index in [1.807, 2.05) is 0 Å². The summed E-state index contributed by atoms with van der Waals surface area (Å²) < 4.78 is 0. The highest BCUT2D eigenvalue weighted by atomic mass is 16.4. The van der Waals surface area contributed by atoms with E-state index < -0.39 is 22.8 Å². The van der Waals surface area contributed by atoms with Crippen LogP contribution >= 0.6 is 0 Å². The molecule has 16 heavy (non-hydrogen) atoms. The third-order valence-electron chi connectivity index (χ3n) is 4.70. The highest BCUT2D eigenvalue weighted by molar-refractivity contribution is 6.34. The van der Waals surface area contributed by atoms with Crippen LogP contribution in [0.4, 0.5) is 0 Å². The highest BCUT2D eigenvalue weighted by Crippen LogP contribution is 2.61. The maximum atomic E-state index is 11.8. The summed E-state index contributed by atoms with van der Waals surface area (Å²) in [6.45, 7) is 0. The summed E-state index contributed by atoms with van der Waals surface area (Å²) >= 11 is 0. The first-order valence-electron chi connectivity index (χ1n) is 5.91. The molecule has 4 saturated carbocycles. The number of carbonyl (C=O) groups is 2. The van der Waals surface area contributed by atoms with Crippen LogP contribution in [0.2, 0.25) is 0 Å². The molecule has 4 nitrogen and oxygen atoms in total. The summed E-state index contributed by atoms with van der Waals surface area (Å²) in [5, 5.41) is 21.1. The number of rotatable bonds is 2. The Hall–Kier alpha value is -0.900. The molecular formula is C12H15O4-. The first-order chi connectivity index (χ1) is 7.42. The number of hydrogen-bond donors (Lipinski definition) is 1. The van der Waals surface area contributed by atoms with Crippen LogP contribution in [0.25, 0.3) is 0 Å². The minimum atomic E-state index is -1.58. The molecule has 0 heterocycles. The Morgan fingerprint density at radius 1 is 1.12 bits per heavy atom. The van der Waals surface area contributed by atoms with Gasteiger partial charge in [-0.05, 0) is 50.4 Å². The third-order valence-corrected chi connectivity index (χ3v) is 4.70. The predicted molar refractivity (Wildman–Crippen MR) is 52.1 cm³/mol. The molecule has 0 aliphatic heterocycles. The van der Waals surface area contributed by atoms with Crippen molar-refractivity contribution >= 4 is 11.8 Å². The average molecular weight is 223 g/mol. The van der Waals surface area contributed by atoms with Gasteiger partial charge in [0.1, 0.15) is 5.97 Å². The van der Waals surface area contributed by atoms with E-state index in [9.17, 15) is 19.8 Å². The van der Waals surface area contributed by atoms with Gasteiger partial charge in [-0.15, -0.1) is 0 Å². The van der Waals surface area contributed by atoms with Crippen molar-refractivity contribution in [1.29, 1.82) is 0 Å². The van der Waals surface area contributed by atoms with Gasteiger partial charge in [0.2, 0.25) is 0 Å². The fourth-order valence-corrected chi connectivity index (χ4v) is 4.70. The molecule has 0 aromatic carbocycles. The predicted octanol–water partition coefficient (Wildman–Crippen LogP) is -0.363. The number of aliphatic carboxylic acids is 1. The molecule has 0 saturated heterocycles. The molecule has 4 rings (SSSR count). The SMILES string of the molecule is O=C([O-])C(=O)C12CC3CC(CC(O)(C3)C1)C2. The highest BCUT2D eigenvalue weighted by Gasteiger charge is 2.59. The van der Waals surface area contributed by atoms with Gasteiger partial charge in [-0.1, -0.05) is 0 Å². The first-order valence-corrected chi connectivity index (χ1v) is 5.91. The second-order valence-electron chi connectivity index (χ2n) is 6.08. The van der Waals surface area contributed by atoms with Gasteiger partial charge < -0.3 is 15.0 Å². The van der Waals surface area contributed by atoms with Gasteiger partial charge in [0, 0.05) is 5.41 Å². The van der Waals surface area contributed by atoms with Crippen LogP contribution < -0.4 is 5.11 Å². The van der Waals surface area contributed by atoms with Crippen molar-refractivity contribution in [1.82, 2.24) is 0 Å². The van der Waals surface area contributed by atoms with E-state index in [4.69, 9.17) is 0 Å². The van der Waals surface area contributed by atoms with Gasteiger partial charge in [-0.2, -0.15) is 0 Å². The molecule has 1 N–H and O–H groups in total. The molecular weight excluding hydrogens is 208 g/mol. The Kier molecular flexibility index (Phi) is 1.83. The van der Waals surface area contributed by atoms with Crippen LogP contribution in [0.1, 0.15) is 38.5 Å². The van der Waals surface area contributed by atoms with Crippen LogP contribution in [0, 0.1) is 17.3 Å². The Bertz CT molecular complexity index is 359. The molecule has 4 heteroatoms. The lowest BCUT2D eigenvalue weighted by molar-refractivity contribution is -0.302. The molecule has 88 valence electrons. The molecule has 4 bridgehead atoms. The number of ketones is 1. The molecule has 0 amide bonds. The quantitative estimate of drug-likeness (QED) is 0.648. The number of carboxylic acids is 1. The third kappa shape index (κ3) is 1.25. The van der Waals surface area contributed by atoms with Crippen molar-refractivity contribution in [2.24, 2.45) is 17.3 Å². The zero-order valence-corrected chi connectivity index (χ0v) is 9.07. The number of hydrogen-bond acceptors (Lipinski definition) is 4. The van der Waals surface area contributed by atoms with E-state index in [1.54, 1.807) is 0 Å². The Morgan fingerprint density at radius 2 is 1.69 bits per heavy atom. The zero-order valence-electron chi connectivity index (χ0n) is 9.07. The van der Waals surface area contributed by atoms with E-state index >= 15 is 0 Å². The minimum Gasteiger partial charge on any atom is -0.542 e. The molecule has 4 fully saturated rings. The van der Waals surface area contributed by atoms with Gasteiger partial charge in [-0.3, -0.25) is 4.79 Å². The van der Waals surface area contributed by atoms with Crippen molar-refractivity contribution in [3.63, 3.8) is 0 Å². The molecule has 0 aromatic heterocycles. The number of Topliss-reactive ketones (excluding diaryl/α,β-unsaturated/α-hetero) is 1. The van der Waals surface area contributed by atoms with E-state index in [2.05, 4.69) is 0 Å². The summed E-state index contributed by atoms with van der Waals surface area (Å²) in [5.74, 6) is -1.70. The topological polar surface area (TPSA) is 77.4 Å². The van der Waals surface area contributed by atoms with Gasteiger partial charge in [0.15, 0.2) is 5.78 Å². The van der Waals surface area contributed by atoms with Gasteiger partial charge in [0.25, 0.3) is 0 Å². The van der Waals surface area contributed by atoms with Crippen molar-refractivity contribution in [2.45, 2.75) is 44.1 Å². The van der Waals surface area contributed by atoms with E-state index in [0.717, 1.165) is 19.3 Å². The summed E-state index contributed by atoms with van der Waals surface area (Å²) in [4.78, 5) is 22.5. The summed E-state index contributed by atoms with van der Waals surface area (Å²) in [6.07, 6.45) is 4.14.